The molecular weight excluding hydrogens is 438 g/mol. The third-order valence-corrected chi connectivity index (χ3v) is 6.93. The minimum atomic E-state index is 0.364. The third kappa shape index (κ3) is 5.72. The Hall–Kier alpha value is -3.62. The molecule has 35 heavy (non-hydrogen) atoms. The van der Waals surface area contributed by atoms with E-state index in [1.54, 1.807) is 0 Å². The van der Waals surface area contributed by atoms with Crippen LogP contribution >= 0.6 is 0 Å². The predicted octanol–water partition coefficient (Wildman–Crippen LogP) is 5.19. The standard InChI is InChI=1S/C26H35N9/c1-19(20-9-4-3-5-10-20)29-24-17-23(28-13-8-15-35-16-14-27-18-35)31-25(32-24)33-26-30-21-11-6-7-12-22(21)34(26)2/h6-7,11-12,14,16-20H,3-5,8-10,13,15H2,1-2H3,(H3,28,29,30,31,32,33)/t19-/m0/s1. The largest absolute Gasteiger partial charge is 0.370 e. The van der Waals surface area contributed by atoms with Gasteiger partial charge in [0.1, 0.15) is 11.6 Å². The summed E-state index contributed by atoms with van der Waals surface area (Å²) in [5.41, 5.74) is 2.00. The van der Waals surface area contributed by atoms with Crippen LogP contribution in [0.5, 0.6) is 0 Å². The molecule has 3 aromatic heterocycles. The minimum Gasteiger partial charge on any atom is -0.370 e. The van der Waals surface area contributed by atoms with E-state index in [1.165, 1.54) is 32.1 Å². The van der Waals surface area contributed by atoms with Crippen molar-refractivity contribution < 1.29 is 0 Å². The maximum atomic E-state index is 4.80. The summed E-state index contributed by atoms with van der Waals surface area (Å²) in [4.78, 5) is 18.4. The number of hydrogen-bond donors (Lipinski definition) is 3. The number of para-hydroxylation sites is 2. The summed E-state index contributed by atoms with van der Waals surface area (Å²) in [5.74, 6) is 3.55. The normalized spacial score (nSPS) is 15.3. The molecule has 5 rings (SSSR count). The van der Waals surface area contributed by atoms with Gasteiger partial charge in [-0.05, 0) is 44.2 Å². The van der Waals surface area contributed by atoms with Gasteiger partial charge < -0.3 is 19.8 Å². The number of aryl methyl sites for hydroxylation is 2. The van der Waals surface area contributed by atoms with Crippen molar-refractivity contribution >= 4 is 34.6 Å². The van der Waals surface area contributed by atoms with E-state index in [4.69, 9.17) is 15.0 Å². The van der Waals surface area contributed by atoms with E-state index < -0.39 is 0 Å². The second kappa shape index (κ2) is 10.8. The van der Waals surface area contributed by atoms with Gasteiger partial charge in [-0.15, -0.1) is 0 Å². The van der Waals surface area contributed by atoms with Crippen molar-refractivity contribution in [3.8, 4) is 0 Å². The highest BCUT2D eigenvalue weighted by molar-refractivity contribution is 5.79. The van der Waals surface area contributed by atoms with E-state index >= 15 is 0 Å². The Bertz CT molecular complexity index is 1230. The molecule has 9 nitrogen and oxygen atoms in total. The number of nitrogens with zero attached hydrogens (tertiary/aromatic N) is 6. The quantitative estimate of drug-likeness (QED) is 0.273. The number of rotatable bonds is 10. The summed E-state index contributed by atoms with van der Waals surface area (Å²) in [6.45, 7) is 3.99. The zero-order valence-electron chi connectivity index (χ0n) is 20.6. The lowest BCUT2D eigenvalue weighted by Crippen LogP contribution is -2.28. The van der Waals surface area contributed by atoms with Crippen LogP contribution in [0.15, 0.2) is 49.1 Å². The maximum Gasteiger partial charge on any atom is 0.233 e. The molecule has 0 aliphatic heterocycles. The molecule has 4 aromatic rings. The first-order valence-corrected chi connectivity index (χ1v) is 12.7. The van der Waals surface area contributed by atoms with E-state index in [2.05, 4.69) is 38.5 Å². The third-order valence-electron chi connectivity index (χ3n) is 6.93. The zero-order valence-corrected chi connectivity index (χ0v) is 20.6. The second-order valence-corrected chi connectivity index (χ2v) is 9.48. The molecule has 0 amide bonds. The number of aromatic nitrogens is 6. The highest BCUT2D eigenvalue weighted by atomic mass is 15.3. The van der Waals surface area contributed by atoms with Gasteiger partial charge in [0, 0.05) is 44.6 Å². The van der Waals surface area contributed by atoms with Crippen LogP contribution in [0.2, 0.25) is 0 Å². The number of imidazole rings is 2. The van der Waals surface area contributed by atoms with Gasteiger partial charge in [-0.3, -0.25) is 5.32 Å². The fraction of sp³-hybridized carbons (Fsp3) is 0.462. The average Bonchev–Trinajstić information content (AvgIpc) is 3.51. The molecule has 0 saturated heterocycles. The Morgan fingerprint density at radius 1 is 1.06 bits per heavy atom. The highest BCUT2D eigenvalue weighted by Crippen LogP contribution is 2.29. The van der Waals surface area contributed by atoms with Crippen molar-refractivity contribution in [1.29, 1.82) is 0 Å². The molecule has 3 N–H and O–H groups in total. The van der Waals surface area contributed by atoms with Gasteiger partial charge in [-0.1, -0.05) is 31.4 Å². The molecule has 1 aliphatic rings. The van der Waals surface area contributed by atoms with Crippen LogP contribution < -0.4 is 16.0 Å². The first-order chi connectivity index (χ1) is 17.2. The number of fused-ring (bicyclic) bond motifs is 1. The van der Waals surface area contributed by atoms with Gasteiger partial charge in [0.05, 0.1) is 17.4 Å². The first kappa shape index (κ1) is 23.1. The molecule has 184 valence electrons. The van der Waals surface area contributed by atoms with Crippen molar-refractivity contribution in [1.82, 2.24) is 29.1 Å². The van der Waals surface area contributed by atoms with Crippen LogP contribution in [0.1, 0.15) is 45.4 Å². The lowest BCUT2D eigenvalue weighted by atomic mass is 9.84. The maximum absolute atomic E-state index is 4.80. The monoisotopic (exact) mass is 473 g/mol. The zero-order chi connectivity index (χ0) is 24.0. The van der Waals surface area contributed by atoms with Crippen LogP contribution in [0, 0.1) is 5.92 Å². The average molecular weight is 474 g/mol. The van der Waals surface area contributed by atoms with Crippen LogP contribution in [-0.2, 0) is 13.6 Å². The first-order valence-electron chi connectivity index (χ1n) is 12.7. The summed E-state index contributed by atoms with van der Waals surface area (Å²) < 4.78 is 4.11. The molecule has 9 heteroatoms. The lowest BCUT2D eigenvalue weighted by molar-refractivity contribution is 0.328. The van der Waals surface area contributed by atoms with E-state index in [9.17, 15) is 0 Å². The van der Waals surface area contributed by atoms with Crippen LogP contribution in [0.25, 0.3) is 11.0 Å². The summed E-state index contributed by atoms with van der Waals surface area (Å²) in [5, 5.41) is 10.5. The molecule has 1 fully saturated rings. The number of anilines is 4. The minimum absolute atomic E-state index is 0.364. The Balaban J connectivity index is 1.33. The van der Waals surface area contributed by atoms with Crippen molar-refractivity contribution in [2.75, 3.05) is 22.5 Å². The topological polar surface area (TPSA) is 97.5 Å². The summed E-state index contributed by atoms with van der Waals surface area (Å²) >= 11 is 0. The van der Waals surface area contributed by atoms with E-state index in [0.29, 0.717) is 17.9 Å². The number of benzene rings is 1. The Kier molecular flexibility index (Phi) is 7.11. The van der Waals surface area contributed by atoms with Gasteiger partial charge in [-0.25, -0.2) is 9.97 Å². The van der Waals surface area contributed by atoms with Crippen molar-refractivity contribution in [2.24, 2.45) is 13.0 Å². The highest BCUT2D eigenvalue weighted by Gasteiger charge is 2.21. The van der Waals surface area contributed by atoms with Gasteiger partial charge in [0.2, 0.25) is 11.9 Å². The molecule has 0 unspecified atom stereocenters. The molecule has 0 bridgehead atoms. The van der Waals surface area contributed by atoms with Crippen molar-refractivity contribution in [3.63, 3.8) is 0 Å². The van der Waals surface area contributed by atoms with Crippen molar-refractivity contribution in [2.45, 2.75) is 58.0 Å². The van der Waals surface area contributed by atoms with Gasteiger partial charge in [-0.2, -0.15) is 9.97 Å². The number of nitrogens with one attached hydrogen (secondary N) is 3. The fourth-order valence-electron chi connectivity index (χ4n) is 4.91. The summed E-state index contributed by atoms with van der Waals surface area (Å²) in [7, 11) is 2.00. The SMILES string of the molecule is C[C@H](Nc1cc(NCCCn2ccnc2)nc(Nc2nc3ccccc3n2C)n1)C1CCCCC1. The molecule has 1 aromatic carbocycles. The summed E-state index contributed by atoms with van der Waals surface area (Å²) in [6.07, 6.45) is 13.2. The Morgan fingerprint density at radius 2 is 1.89 bits per heavy atom. The molecule has 3 heterocycles. The van der Waals surface area contributed by atoms with Crippen LogP contribution in [-0.4, -0.2) is 41.7 Å². The van der Waals surface area contributed by atoms with E-state index in [0.717, 1.165) is 48.1 Å². The predicted molar refractivity (Wildman–Crippen MR) is 141 cm³/mol. The molecule has 1 saturated carbocycles. The molecule has 0 spiro atoms. The molecule has 0 radical (unpaired) electrons. The Morgan fingerprint density at radius 3 is 2.69 bits per heavy atom. The van der Waals surface area contributed by atoms with Gasteiger partial charge in [0.25, 0.3) is 0 Å². The van der Waals surface area contributed by atoms with Crippen LogP contribution in [0.3, 0.4) is 0 Å². The van der Waals surface area contributed by atoms with E-state index in [-0.39, 0.29) is 0 Å². The van der Waals surface area contributed by atoms with Gasteiger partial charge in [0.15, 0.2) is 0 Å². The van der Waals surface area contributed by atoms with Crippen molar-refractivity contribution in [3.05, 3.63) is 49.1 Å². The second-order valence-electron chi connectivity index (χ2n) is 9.48. The number of hydrogen-bond acceptors (Lipinski definition) is 7. The van der Waals surface area contributed by atoms with Gasteiger partial charge >= 0.3 is 0 Å². The smallest absolute Gasteiger partial charge is 0.233 e. The fourth-order valence-corrected chi connectivity index (χ4v) is 4.91. The Labute approximate surface area is 206 Å². The lowest BCUT2D eigenvalue weighted by Gasteiger charge is -2.28. The summed E-state index contributed by atoms with van der Waals surface area (Å²) in [6, 6.07) is 10.5. The van der Waals surface area contributed by atoms with E-state index in [1.807, 2.05) is 54.6 Å². The molecule has 1 atom stereocenters. The molecule has 1 aliphatic carbocycles. The molecular formula is C26H35N9. The van der Waals surface area contributed by atoms with Crippen LogP contribution in [0.4, 0.5) is 23.5 Å².